The normalized spacial score (nSPS) is 15.6. The summed E-state index contributed by atoms with van der Waals surface area (Å²) in [6, 6.07) is 9.18. The molecule has 0 unspecified atom stereocenters. The number of ketones is 2. The van der Waals surface area contributed by atoms with Crippen molar-refractivity contribution in [2.24, 2.45) is 0 Å². The van der Waals surface area contributed by atoms with E-state index in [-0.39, 0.29) is 13.0 Å². The minimum atomic E-state index is -0.136. The molecule has 0 heterocycles. The van der Waals surface area contributed by atoms with Crippen LogP contribution in [0.4, 0.5) is 0 Å². The molecule has 0 saturated heterocycles. The van der Waals surface area contributed by atoms with Gasteiger partial charge in [-0.2, -0.15) is 0 Å². The minimum Gasteiger partial charge on any atom is -0.290 e. The summed E-state index contributed by atoms with van der Waals surface area (Å²) in [5, 5.41) is 0. The van der Waals surface area contributed by atoms with E-state index >= 15 is 0 Å². The van der Waals surface area contributed by atoms with Crippen LogP contribution in [0.5, 0.6) is 0 Å². The maximum atomic E-state index is 11.4. The summed E-state index contributed by atoms with van der Waals surface area (Å²) in [5.41, 5.74) is 1.26. The molecule has 0 aromatic heterocycles. The average molecular weight is 185 g/mol. The molecule has 14 heavy (non-hydrogen) atoms. The Kier molecular flexibility index (Phi) is 2.11. The van der Waals surface area contributed by atoms with Gasteiger partial charge in [0.1, 0.15) is 0 Å². The number of hydrogen-bond donors (Lipinski definition) is 0. The van der Waals surface area contributed by atoms with E-state index in [1.807, 2.05) is 30.3 Å². The van der Waals surface area contributed by atoms with E-state index in [4.69, 9.17) is 0 Å². The largest absolute Gasteiger partial charge is 1.00 e. The van der Waals surface area contributed by atoms with Crippen molar-refractivity contribution < 1.29 is 11.0 Å². The molecule has 1 aromatic carbocycles. The van der Waals surface area contributed by atoms with Crippen molar-refractivity contribution in [3.05, 3.63) is 54.1 Å². The predicted octanol–water partition coefficient (Wildman–Crippen LogP) is 1.89. The monoisotopic (exact) mass is 185 g/mol. The van der Waals surface area contributed by atoms with E-state index in [2.05, 4.69) is 0 Å². The lowest BCUT2D eigenvalue weighted by molar-refractivity contribution is -0.113. The quantitative estimate of drug-likeness (QED) is 0.626. The van der Waals surface area contributed by atoms with Crippen LogP contribution < -0.4 is 0 Å². The van der Waals surface area contributed by atoms with Crippen molar-refractivity contribution in [2.75, 3.05) is 0 Å². The molecule has 68 valence electrons. The lowest BCUT2D eigenvalue weighted by Gasteiger charge is -2.05. The van der Waals surface area contributed by atoms with Gasteiger partial charge in [-0.15, -0.1) is 0 Å². The van der Waals surface area contributed by atoms with Crippen LogP contribution >= 0.6 is 0 Å². The van der Waals surface area contributed by atoms with Crippen molar-refractivity contribution in [1.29, 1.82) is 0 Å². The Bertz CT molecular complexity index is 444. The molecule has 1 aliphatic rings. The van der Waals surface area contributed by atoms with E-state index in [0.717, 1.165) is 5.56 Å². The smallest absolute Gasteiger partial charge is 0.290 e. The van der Waals surface area contributed by atoms with Gasteiger partial charge in [0, 0.05) is 5.57 Å². The van der Waals surface area contributed by atoms with Gasteiger partial charge in [0.2, 0.25) is 0 Å². The third-order valence-corrected chi connectivity index (χ3v) is 2.04. The molecule has 0 aliphatic heterocycles. The Morgan fingerprint density at radius 2 is 1.64 bits per heavy atom. The first-order chi connectivity index (χ1) is 6.77. The fourth-order valence-corrected chi connectivity index (χ4v) is 1.35. The number of rotatable bonds is 1. The standard InChI is InChI=1S/C12H8O2/c13-10-6-7-12(14)11(8-10)9-4-2-1-3-5-9/h1-8H/p+1. The molecule has 0 bridgehead atoms. The highest BCUT2D eigenvalue weighted by molar-refractivity contribution is 6.33. The lowest BCUT2D eigenvalue weighted by Crippen LogP contribution is -2.06. The zero-order valence-corrected chi connectivity index (χ0v) is 7.44. The molecule has 2 heteroatoms. The van der Waals surface area contributed by atoms with E-state index < -0.39 is 0 Å². The number of allylic oxidation sites excluding steroid dienone is 4. The molecule has 1 aromatic rings. The van der Waals surface area contributed by atoms with E-state index in [0.29, 0.717) is 5.57 Å². The van der Waals surface area contributed by atoms with E-state index in [1.54, 1.807) is 0 Å². The van der Waals surface area contributed by atoms with Crippen LogP contribution in [0.25, 0.3) is 5.57 Å². The van der Waals surface area contributed by atoms with E-state index in [1.165, 1.54) is 18.2 Å². The van der Waals surface area contributed by atoms with Crippen LogP contribution in [0.1, 0.15) is 6.99 Å². The molecule has 0 spiro atoms. The van der Waals surface area contributed by atoms with Gasteiger partial charge in [0.25, 0.3) is 0 Å². The first kappa shape index (κ1) is 8.63. The number of benzene rings is 1. The van der Waals surface area contributed by atoms with Crippen LogP contribution in [0.15, 0.2) is 48.6 Å². The van der Waals surface area contributed by atoms with Gasteiger partial charge >= 0.3 is 1.43 Å². The molecule has 2 nitrogen and oxygen atoms in total. The van der Waals surface area contributed by atoms with Crippen molar-refractivity contribution in [2.45, 2.75) is 0 Å². The van der Waals surface area contributed by atoms with Crippen molar-refractivity contribution in [3.63, 3.8) is 0 Å². The van der Waals surface area contributed by atoms with Crippen molar-refractivity contribution in [1.82, 2.24) is 0 Å². The van der Waals surface area contributed by atoms with Crippen LogP contribution in [-0.2, 0) is 9.59 Å². The summed E-state index contributed by atoms with van der Waals surface area (Å²) in [6.45, 7) is 0. The Morgan fingerprint density at radius 1 is 0.929 bits per heavy atom. The Labute approximate surface area is 83.0 Å². The van der Waals surface area contributed by atoms with Gasteiger partial charge in [0.15, 0.2) is 11.6 Å². The Morgan fingerprint density at radius 3 is 2.36 bits per heavy atom. The molecule has 0 fully saturated rings. The summed E-state index contributed by atoms with van der Waals surface area (Å²) in [5.74, 6) is -0.251. The summed E-state index contributed by atoms with van der Waals surface area (Å²) in [7, 11) is 0. The summed E-state index contributed by atoms with van der Waals surface area (Å²) >= 11 is 0. The highest BCUT2D eigenvalue weighted by Gasteiger charge is 2.14. The zero-order valence-electron chi connectivity index (χ0n) is 8.44. The fourth-order valence-electron chi connectivity index (χ4n) is 1.35. The number of carbonyl (C=O) groups is 2. The van der Waals surface area contributed by atoms with Gasteiger partial charge in [-0.25, -0.2) is 0 Å². The minimum absolute atomic E-state index is 0. The molecule has 0 radical (unpaired) electrons. The average Bonchev–Trinajstić information content (AvgIpc) is 2.23. The van der Waals surface area contributed by atoms with E-state index in [9.17, 15) is 9.59 Å². The molecule has 0 saturated carbocycles. The zero-order chi connectivity index (χ0) is 9.97. The SMILES string of the molecule is O=C1C=CC(=O)C(c2ccccc2)=C1.[H+]. The Hall–Kier alpha value is -1.96. The lowest BCUT2D eigenvalue weighted by atomic mass is 9.97. The van der Waals surface area contributed by atoms with Gasteiger partial charge in [-0.05, 0) is 23.8 Å². The summed E-state index contributed by atoms with van der Waals surface area (Å²) in [6.07, 6.45) is 3.97. The van der Waals surface area contributed by atoms with Crippen LogP contribution in [-0.4, -0.2) is 11.6 Å². The number of carbonyl (C=O) groups excluding carboxylic acids is 2. The third-order valence-electron chi connectivity index (χ3n) is 2.04. The first-order valence-corrected chi connectivity index (χ1v) is 4.31. The first-order valence-electron chi connectivity index (χ1n) is 4.31. The molecule has 0 atom stereocenters. The third kappa shape index (κ3) is 1.55. The topological polar surface area (TPSA) is 34.1 Å². The molecular weight excluding hydrogens is 176 g/mol. The van der Waals surface area contributed by atoms with Crippen LogP contribution in [0.2, 0.25) is 0 Å². The molecule has 0 N–H and O–H groups in total. The summed E-state index contributed by atoms with van der Waals surface area (Å²) < 4.78 is 0. The van der Waals surface area contributed by atoms with Crippen LogP contribution in [0, 0.1) is 0 Å². The molecule has 1 aliphatic carbocycles. The second kappa shape index (κ2) is 3.42. The molecule has 2 rings (SSSR count). The van der Waals surface area contributed by atoms with Gasteiger partial charge < -0.3 is 0 Å². The van der Waals surface area contributed by atoms with Crippen molar-refractivity contribution >= 4 is 17.1 Å². The van der Waals surface area contributed by atoms with Crippen LogP contribution in [0.3, 0.4) is 0 Å². The predicted molar refractivity (Wildman–Crippen MR) is 54.7 cm³/mol. The number of hydrogen-bond acceptors (Lipinski definition) is 2. The highest BCUT2D eigenvalue weighted by atomic mass is 16.1. The van der Waals surface area contributed by atoms with Crippen molar-refractivity contribution in [3.8, 4) is 0 Å². The maximum Gasteiger partial charge on any atom is 1.00 e. The van der Waals surface area contributed by atoms with Gasteiger partial charge in [0.05, 0.1) is 0 Å². The van der Waals surface area contributed by atoms with Gasteiger partial charge in [-0.3, -0.25) is 9.59 Å². The van der Waals surface area contributed by atoms with Gasteiger partial charge in [-0.1, -0.05) is 30.3 Å². The summed E-state index contributed by atoms with van der Waals surface area (Å²) in [4.78, 5) is 22.5. The molecular formula is C12H9O2+. The second-order valence-electron chi connectivity index (χ2n) is 3.02. The Balaban J connectivity index is 0.00000112. The second-order valence-corrected chi connectivity index (χ2v) is 3.02. The maximum absolute atomic E-state index is 11.4. The highest BCUT2D eigenvalue weighted by Crippen LogP contribution is 2.18. The molecule has 0 amide bonds. The fraction of sp³-hybridized carbons (Fsp3) is 0.